The SMILES string of the molecule is Cn1ncc(CNc2nc3c([N+](=O)[O-])cccc3o2)c1N. The third-order valence-corrected chi connectivity index (χ3v) is 3.09. The molecule has 0 aliphatic heterocycles. The minimum absolute atomic E-state index is 0.0924. The van der Waals surface area contributed by atoms with E-state index >= 15 is 0 Å². The Kier molecular flexibility index (Phi) is 2.94. The highest BCUT2D eigenvalue weighted by molar-refractivity contribution is 5.84. The molecule has 108 valence electrons. The first-order chi connectivity index (χ1) is 10.1. The molecule has 0 fully saturated rings. The lowest BCUT2D eigenvalue weighted by Gasteiger charge is -2.00. The third-order valence-electron chi connectivity index (χ3n) is 3.09. The van der Waals surface area contributed by atoms with Gasteiger partial charge in [0.15, 0.2) is 11.1 Å². The number of anilines is 2. The van der Waals surface area contributed by atoms with Crippen LogP contribution in [0.3, 0.4) is 0 Å². The number of aromatic nitrogens is 3. The minimum Gasteiger partial charge on any atom is -0.423 e. The van der Waals surface area contributed by atoms with Gasteiger partial charge >= 0.3 is 0 Å². The van der Waals surface area contributed by atoms with E-state index in [1.165, 1.54) is 6.07 Å². The fourth-order valence-electron chi connectivity index (χ4n) is 1.96. The summed E-state index contributed by atoms with van der Waals surface area (Å²) >= 11 is 0. The number of fused-ring (bicyclic) bond motifs is 1. The monoisotopic (exact) mass is 288 g/mol. The molecule has 3 N–H and O–H groups in total. The third kappa shape index (κ3) is 2.24. The normalized spacial score (nSPS) is 10.9. The highest BCUT2D eigenvalue weighted by Gasteiger charge is 2.17. The molecule has 0 atom stereocenters. The number of nitro benzene ring substituents is 1. The van der Waals surface area contributed by atoms with Crippen molar-refractivity contribution >= 4 is 28.6 Å². The summed E-state index contributed by atoms with van der Waals surface area (Å²) in [5.41, 5.74) is 7.08. The van der Waals surface area contributed by atoms with E-state index < -0.39 is 4.92 Å². The van der Waals surface area contributed by atoms with Crippen LogP contribution in [0.4, 0.5) is 17.5 Å². The predicted molar refractivity (Wildman–Crippen MR) is 75.6 cm³/mol. The van der Waals surface area contributed by atoms with E-state index in [2.05, 4.69) is 15.4 Å². The van der Waals surface area contributed by atoms with Gasteiger partial charge in [0.2, 0.25) is 0 Å². The van der Waals surface area contributed by atoms with Gasteiger partial charge in [-0.15, -0.1) is 0 Å². The Labute approximate surface area is 118 Å². The van der Waals surface area contributed by atoms with Crippen molar-refractivity contribution in [2.24, 2.45) is 7.05 Å². The maximum absolute atomic E-state index is 10.9. The fourth-order valence-corrected chi connectivity index (χ4v) is 1.96. The summed E-state index contributed by atoms with van der Waals surface area (Å²) in [4.78, 5) is 14.5. The first-order valence-corrected chi connectivity index (χ1v) is 6.10. The fraction of sp³-hybridized carbons (Fsp3) is 0.167. The number of hydrogen-bond donors (Lipinski definition) is 2. The maximum atomic E-state index is 10.9. The molecule has 3 aromatic rings. The number of nitrogens with zero attached hydrogens (tertiary/aromatic N) is 4. The van der Waals surface area contributed by atoms with Crippen LogP contribution in [0.2, 0.25) is 0 Å². The number of nitrogen functional groups attached to an aromatic ring is 1. The molecule has 0 saturated carbocycles. The molecule has 9 nitrogen and oxygen atoms in total. The van der Waals surface area contributed by atoms with Crippen molar-refractivity contribution in [3.05, 3.63) is 40.1 Å². The van der Waals surface area contributed by atoms with Crippen LogP contribution >= 0.6 is 0 Å². The number of nitrogens with one attached hydrogen (secondary N) is 1. The molecule has 0 aliphatic rings. The van der Waals surface area contributed by atoms with Crippen molar-refractivity contribution in [3.8, 4) is 0 Å². The summed E-state index contributed by atoms with van der Waals surface area (Å²) in [6.45, 7) is 0.361. The lowest BCUT2D eigenvalue weighted by molar-refractivity contribution is -0.383. The smallest absolute Gasteiger partial charge is 0.298 e. The molecule has 0 unspecified atom stereocenters. The molecule has 2 heterocycles. The molecule has 0 bridgehead atoms. The first-order valence-electron chi connectivity index (χ1n) is 6.10. The highest BCUT2D eigenvalue weighted by Crippen LogP contribution is 2.27. The van der Waals surface area contributed by atoms with E-state index in [0.717, 1.165) is 5.56 Å². The van der Waals surface area contributed by atoms with Gasteiger partial charge in [0.1, 0.15) is 5.82 Å². The summed E-state index contributed by atoms with van der Waals surface area (Å²) < 4.78 is 6.98. The Morgan fingerprint density at radius 1 is 1.52 bits per heavy atom. The second-order valence-electron chi connectivity index (χ2n) is 4.43. The zero-order valence-electron chi connectivity index (χ0n) is 11.1. The molecular formula is C12H12N6O3. The molecular weight excluding hydrogens is 276 g/mol. The van der Waals surface area contributed by atoms with Crippen LogP contribution in [-0.2, 0) is 13.6 Å². The van der Waals surface area contributed by atoms with Crippen LogP contribution < -0.4 is 11.1 Å². The molecule has 0 saturated heterocycles. The van der Waals surface area contributed by atoms with Crippen molar-refractivity contribution in [2.75, 3.05) is 11.1 Å². The number of hydrogen-bond acceptors (Lipinski definition) is 7. The van der Waals surface area contributed by atoms with Gasteiger partial charge in [-0.3, -0.25) is 14.8 Å². The van der Waals surface area contributed by atoms with Crippen LogP contribution in [0.1, 0.15) is 5.56 Å². The minimum atomic E-state index is -0.492. The summed E-state index contributed by atoms with van der Waals surface area (Å²) in [5, 5.41) is 17.9. The first kappa shape index (κ1) is 12.9. The van der Waals surface area contributed by atoms with Crippen LogP contribution in [0, 0.1) is 10.1 Å². The summed E-state index contributed by atoms with van der Waals surface area (Å²) in [6.07, 6.45) is 1.63. The molecule has 3 rings (SSSR count). The standard InChI is InChI=1S/C12H12N6O3/c1-17-11(13)7(6-15-17)5-14-12-16-10-8(18(19)20)3-2-4-9(10)21-12/h2-4,6H,5,13H2,1H3,(H,14,16). The van der Waals surface area contributed by atoms with E-state index in [0.29, 0.717) is 17.9 Å². The average molecular weight is 288 g/mol. The molecule has 0 spiro atoms. The van der Waals surface area contributed by atoms with Gasteiger partial charge in [-0.05, 0) is 6.07 Å². The van der Waals surface area contributed by atoms with E-state index in [-0.39, 0.29) is 17.2 Å². The van der Waals surface area contributed by atoms with Crippen molar-refractivity contribution < 1.29 is 9.34 Å². The quantitative estimate of drug-likeness (QED) is 0.552. The van der Waals surface area contributed by atoms with Gasteiger partial charge in [-0.25, -0.2) is 0 Å². The Balaban J connectivity index is 1.86. The second-order valence-corrected chi connectivity index (χ2v) is 4.43. The predicted octanol–water partition coefficient (Wildman–Crippen LogP) is 1.66. The number of aryl methyl sites for hydroxylation is 1. The Morgan fingerprint density at radius 2 is 2.33 bits per heavy atom. The van der Waals surface area contributed by atoms with Crippen molar-refractivity contribution in [3.63, 3.8) is 0 Å². The molecule has 21 heavy (non-hydrogen) atoms. The Morgan fingerprint density at radius 3 is 3.00 bits per heavy atom. The maximum Gasteiger partial charge on any atom is 0.298 e. The van der Waals surface area contributed by atoms with Crippen molar-refractivity contribution in [1.82, 2.24) is 14.8 Å². The second kappa shape index (κ2) is 4.78. The number of para-hydroxylation sites is 1. The summed E-state index contributed by atoms with van der Waals surface area (Å²) in [7, 11) is 1.74. The molecule has 2 aromatic heterocycles. The molecule has 0 radical (unpaired) electrons. The lowest BCUT2D eigenvalue weighted by Crippen LogP contribution is -2.04. The van der Waals surface area contributed by atoms with Crippen molar-refractivity contribution in [1.29, 1.82) is 0 Å². The number of benzene rings is 1. The van der Waals surface area contributed by atoms with Gasteiger partial charge in [-0.1, -0.05) is 6.07 Å². The Hall–Kier alpha value is -3.10. The van der Waals surface area contributed by atoms with Crippen LogP contribution in [-0.4, -0.2) is 19.7 Å². The largest absolute Gasteiger partial charge is 0.423 e. The molecule has 0 aliphatic carbocycles. The number of non-ortho nitro benzene ring substituents is 1. The van der Waals surface area contributed by atoms with Crippen LogP contribution in [0.5, 0.6) is 0 Å². The van der Waals surface area contributed by atoms with Gasteiger partial charge in [0.25, 0.3) is 11.7 Å². The zero-order valence-corrected chi connectivity index (χ0v) is 11.1. The van der Waals surface area contributed by atoms with Crippen LogP contribution in [0.25, 0.3) is 11.1 Å². The summed E-state index contributed by atoms with van der Waals surface area (Å²) in [5.74, 6) is 0.532. The molecule has 9 heteroatoms. The number of oxazole rings is 1. The van der Waals surface area contributed by atoms with Crippen LogP contribution in [0.15, 0.2) is 28.8 Å². The topological polar surface area (TPSA) is 125 Å². The van der Waals surface area contributed by atoms with E-state index in [1.54, 1.807) is 30.1 Å². The van der Waals surface area contributed by atoms with E-state index in [1.807, 2.05) is 0 Å². The van der Waals surface area contributed by atoms with Gasteiger partial charge < -0.3 is 15.5 Å². The van der Waals surface area contributed by atoms with Gasteiger partial charge in [0, 0.05) is 25.2 Å². The number of nitro groups is 1. The summed E-state index contributed by atoms with van der Waals surface area (Å²) in [6, 6.07) is 4.75. The Bertz CT molecular complexity index is 822. The number of rotatable bonds is 4. The van der Waals surface area contributed by atoms with E-state index in [4.69, 9.17) is 10.2 Å². The number of nitrogens with two attached hydrogens (primary N) is 1. The lowest BCUT2D eigenvalue weighted by atomic mass is 10.3. The van der Waals surface area contributed by atoms with Crippen molar-refractivity contribution in [2.45, 2.75) is 6.54 Å². The van der Waals surface area contributed by atoms with Gasteiger partial charge in [0.05, 0.1) is 11.1 Å². The highest BCUT2D eigenvalue weighted by atomic mass is 16.6. The van der Waals surface area contributed by atoms with E-state index in [9.17, 15) is 10.1 Å². The molecule has 1 aromatic carbocycles. The van der Waals surface area contributed by atoms with Gasteiger partial charge in [-0.2, -0.15) is 10.1 Å². The average Bonchev–Trinajstić information content (AvgIpc) is 3.01. The molecule has 0 amide bonds. The zero-order chi connectivity index (χ0) is 15.0.